The Kier molecular flexibility index (Phi) is 13.7. The molecule has 0 bridgehead atoms. The highest BCUT2D eigenvalue weighted by molar-refractivity contribution is 6.25. The monoisotopic (exact) mass is 730 g/mol. The first kappa shape index (κ1) is 39.4. The van der Waals surface area contributed by atoms with E-state index in [9.17, 15) is 44.1 Å². The number of allylic oxidation sites excluding steroid dienone is 4. The van der Waals surface area contributed by atoms with Crippen molar-refractivity contribution in [2.24, 2.45) is 11.8 Å². The van der Waals surface area contributed by atoms with E-state index < -0.39 is 46.9 Å². The highest BCUT2D eigenvalue weighted by atomic mass is 16.5. The molecule has 2 atom stereocenters. The van der Waals surface area contributed by atoms with Crippen LogP contribution in [0.2, 0.25) is 0 Å². The molecule has 274 valence electrons. The number of rotatable bonds is 16. The maximum Gasteiger partial charge on any atom is 0.324 e. The quantitative estimate of drug-likeness (QED) is 0.0704. The number of hydrogen-bond acceptors (Lipinski definition) is 12. The molecule has 12 heteroatoms. The average Bonchev–Trinajstić information content (AvgIpc) is 3.17. The molecule has 0 aliphatic carbocycles. The fraction of sp³-hybridized carbons (Fsp3) is 0.0952. The second kappa shape index (κ2) is 18.8. The van der Waals surface area contributed by atoms with E-state index in [4.69, 9.17) is 9.47 Å². The molecule has 0 spiro atoms. The van der Waals surface area contributed by atoms with Crippen molar-refractivity contribution in [3.8, 4) is 28.7 Å². The summed E-state index contributed by atoms with van der Waals surface area (Å²) in [5.41, 5.74) is 1.51. The number of ketones is 4. The van der Waals surface area contributed by atoms with Crippen molar-refractivity contribution in [2.75, 3.05) is 14.2 Å². The molecule has 0 aromatic heterocycles. The second-order valence-corrected chi connectivity index (χ2v) is 11.4. The summed E-state index contributed by atoms with van der Waals surface area (Å²) in [6.45, 7) is 0. The van der Waals surface area contributed by atoms with Crippen molar-refractivity contribution >= 4 is 59.4 Å². The lowest BCUT2D eigenvalue weighted by Gasteiger charge is -2.12. The van der Waals surface area contributed by atoms with Crippen LogP contribution in [0.25, 0.3) is 24.3 Å². The zero-order valence-corrected chi connectivity index (χ0v) is 28.9. The van der Waals surface area contributed by atoms with Gasteiger partial charge in [-0.15, -0.1) is 0 Å². The lowest BCUT2D eigenvalue weighted by Crippen LogP contribution is -2.30. The average molecular weight is 731 g/mol. The van der Waals surface area contributed by atoms with Gasteiger partial charge in [0, 0.05) is 11.1 Å². The van der Waals surface area contributed by atoms with E-state index in [1.165, 1.54) is 78.9 Å². The molecule has 0 radical (unpaired) electrons. The Balaban J connectivity index is 1.51. The Morgan fingerprint density at radius 1 is 0.500 bits per heavy atom. The van der Waals surface area contributed by atoms with E-state index in [1.807, 2.05) is 0 Å². The van der Waals surface area contributed by atoms with Crippen molar-refractivity contribution < 1.29 is 58.3 Å². The summed E-state index contributed by atoms with van der Waals surface area (Å²) in [5, 5.41) is 30.0. The summed E-state index contributed by atoms with van der Waals surface area (Å²) in [5.74, 6) is -9.46. The van der Waals surface area contributed by atoms with Crippen LogP contribution in [0.4, 0.5) is 0 Å². The first-order valence-corrected chi connectivity index (χ1v) is 16.1. The molecular formula is C42H34O12. The molecule has 4 aromatic carbocycles. The number of phenolic OH excluding ortho intramolecular Hbond substituents is 3. The minimum Gasteiger partial charge on any atom is -0.508 e. The molecule has 2 unspecified atom stereocenters. The van der Waals surface area contributed by atoms with Crippen LogP contribution in [0.1, 0.15) is 22.3 Å². The first-order valence-electron chi connectivity index (χ1n) is 16.1. The van der Waals surface area contributed by atoms with Crippen molar-refractivity contribution in [3.63, 3.8) is 0 Å². The third-order valence-electron chi connectivity index (χ3n) is 7.70. The number of para-hydroxylation sites is 2. The lowest BCUT2D eigenvalue weighted by molar-refractivity contribution is -0.153. The maximum atomic E-state index is 13.1. The maximum absolute atomic E-state index is 13.1. The van der Waals surface area contributed by atoms with Gasteiger partial charge in [-0.3, -0.25) is 28.8 Å². The first-order chi connectivity index (χ1) is 25.9. The summed E-state index contributed by atoms with van der Waals surface area (Å²) in [6, 6.07) is 22.6. The summed E-state index contributed by atoms with van der Waals surface area (Å²) >= 11 is 0. The number of benzene rings is 4. The van der Waals surface area contributed by atoms with Crippen LogP contribution in [-0.2, 0) is 38.2 Å². The van der Waals surface area contributed by atoms with E-state index in [0.29, 0.717) is 22.3 Å². The van der Waals surface area contributed by atoms with Gasteiger partial charge in [0.2, 0.25) is 0 Å². The molecule has 0 heterocycles. The highest BCUT2D eigenvalue weighted by Crippen LogP contribution is 2.34. The van der Waals surface area contributed by atoms with Crippen LogP contribution in [0.3, 0.4) is 0 Å². The van der Waals surface area contributed by atoms with E-state index in [-0.39, 0.29) is 28.7 Å². The molecule has 0 fully saturated rings. The molecule has 54 heavy (non-hydrogen) atoms. The summed E-state index contributed by atoms with van der Waals surface area (Å²) in [7, 11) is 2.08. The minimum atomic E-state index is -1.82. The number of methoxy groups -OCH3 is 2. The predicted octanol–water partition coefficient (Wildman–Crippen LogP) is 5.90. The van der Waals surface area contributed by atoms with E-state index in [0.717, 1.165) is 38.5 Å². The molecule has 3 N–H and O–H groups in total. The Labute approximate surface area is 309 Å². The van der Waals surface area contributed by atoms with Gasteiger partial charge >= 0.3 is 11.9 Å². The molecule has 0 saturated carbocycles. The number of hydrogen-bond donors (Lipinski definition) is 3. The SMILES string of the molecule is COC(=O)C(C(=O)/C=C/c1ccc(O)cc1)C(=O)/C=C/c1ccc(O)c(Oc2ccccc2/C=C/C(=O)C(C(=O)/C=C/c2ccccc2O)C(=O)OC)c1. The Bertz CT molecular complexity index is 2170. The second-order valence-electron chi connectivity index (χ2n) is 11.4. The highest BCUT2D eigenvalue weighted by Gasteiger charge is 2.33. The smallest absolute Gasteiger partial charge is 0.324 e. The van der Waals surface area contributed by atoms with E-state index in [1.54, 1.807) is 36.4 Å². The zero-order valence-electron chi connectivity index (χ0n) is 28.9. The molecular weight excluding hydrogens is 696 g/mol. The van der Waals surface area contributed by atoms with Crippen LogP contribution >= 0.6 is 0 Å². The van der Waals surface area contributed by atoms with E-state index >= 15 is 0 Å². The molecule has 4 rings (SSSR count). The number of aromatic hydroxyl groups is 3. The van der Waals surface area contributed by atoms with Gasteiger partial charge in [0.1, 0.15) is 17.2 Å². The van der Waals surface area contributed by atoms with Crippen LogP contribution in [0, 0.1) is 11.8 Å². The Morgan fingerprint density at radius 3 is 1.52 bits per heavy atom. The van der Waals surface area contributed by atoms with Crippen LogP contribution in [-0.4, -0.2) is 64.6 Å². The third-order valence-corrected chi connectivity index (χ3v) is 7.70. The topological polar surface area (TPSA) is 191 Å². The van der Waals surface area contributed by atoms with Gasteiger partial charge in [0.05, 0.1) is 14.2 Å². The van der Waals surface area contributed by atoms with Gasteiger partial charge in [-0.05, 0) is 84.0 Å². The molecule has 12 nitrogen and oxygen atoms in total. The van der Waals surface area contributed by atoms with Crippen LogP contribution < -0.4 is 4.74 Å². The van der Waals surface area contributed by atoms with Gasteiger partial charge in [-0.2, -0.15) is 0 Å². The van der Waals surface area contributed by atoms with Gasteiger partial charge in [0.25, 0.3) is 0 Å². The standard InChI is InChI=1S/C42H34O12/c1-52-41(50)39(33(46)21-13-26-11-18-30(43)19-12-26)34(47)22-15-27-14-20-32(45)38(25-27)54-37-10-6-4-8-29(37)17-24-36(49)40(42(51)53-2)35(48)23-16-28-7-3-5-9-31(28)44/h3-25,39-40,43-45H,1-2H3/b21-13+,22-15+,23-16+,24-17+. The number of carbonyl (C=O) groups is 6. The van der Waals surface area contributed by atoms with Crippen molar-refractivity contribution in [2.45, 2.75) is 0 Å². The van der Waals surface area contributed by atoms with Crippen LogP contribution in [0.15, 0.2) is 115 Å². The Hall–Kier alpha value is -7.34. The molecule has 0 aliphatic rings. The molecule has 4 aromatic rings. The summed E-state index contributed by atoms with van der Waals surface area (Å²) in [4.78, 5) is 76.8. The number of carbonyl (C=O) groups excluding carboxylic acids is 6. The van der Waals surface area contributed by atoms with Crippen molar-refractivity contribution in [1.29, 1.82) is 0 Å². The molecule has 0 aliphatic heterocycles. The summed E-state index contributed by atoms with van der Waals surface area (Å²) < 4.78 is 15.3. The van der Waals surface area contributed by atoms with Crippen molar-refractivity contribution in [1.82, 2.24) is 0 Å². The fourth-order valence-electron chi connectivity index (χ4n) is 4.83. The van der Waals surface area contributed by atoms with Crippen LogP contribution in [0.5, 0.6) is 28.7 Å². The van der Waals surface area contributed by atoms with Crippen molar-refractivity contribution in [3.05, 3.63) is 138 Å². The van der Waals surface area contributed by atoms with Gasteiger partial charge in [0.15, 0.2) is 46.5 Å². The van der Waals surface area contributed by atoms with Gasteiger partial charge < -0.3 is 29.5 Å². The number of phenols is 3. The largest absolute Gasteiger partial charge is 0.508 e. The molecule has 0 amide bonds. The summed E-state index contributed by atoms with van der Waals surface area (Å²) in [6.07, 6.45) is 9.37. The third kappa shape index (κ3) is 10.6. The normalized spacial score (nSPS) is 12.5. The number of esters is 2. The van der Waals surface area contributed by atoms with Gasteiger partial charge in [-0.1, -0.05) is 66.7 Å². The minimum absolute atomic E-state index is 0.0267. The number of ether oxygens (including phenoxy) is 3. The zero-order chi connectivity index (χ0) is 39.2. The Morgan fingerprint density at radius 2 is 0.963 bits per heavy atom. The predicted molar refractivity (Wildman–Crippen MR) is 198 cm³/mol. The van der Waals surface area contributed by atoms with Gasteiger partial charge in [-0.25, -0.2) is 0 Å². The van der Waals surface area contributed by atoms with E-state index in [2.05, 4.69) is 4.74 Å². The lowest BCUT2D eigenvalue weighted by atomic mass is 9.97. The molecule has 0 saturated heterocycles. The fourth-order valence-corrected chi connectivity index (χ4v) is 4.83.